The van der Waals surface area contributed by atoms with Crippen LogP contribution in [0.3, 0.4) is 0 Å². The average molecular weight is 244 g/mol. The maximum absolute atomic E-state index is 8.73. The molecule has 1 atom stereocenters. The highest BCUT2D eigenvalue weighted by Crippen LogP contribution is 2.27. The molecule has 1 aromatic rings. The molecule has 0 aromatic carbocycles. The largest absolute Gasteiger partial charge is 0.359 e. The highest BCUT2D eigenvalue weighted by molar-refractivity contribution is 7.16. The molecule has 0 saturated heterocycles. The van der Waals surface area contributed by atoms with E-state index in [1.165, 1.54) is 11.3 Å². The molecule has 0 radical (unpaired) electrons. The first-order valence-electron chi connectivity index (χ1n) is 5.04. The van der Waals surface area contributed by atoms with Gasteiger partial charge >= 0.3 is 0 Å². The van der Waals surface area contributed by atoms with Crippen LogP contribution in [0.2, 0.25) is 5.15 Å². The fraction of sp³-hybridized carbons (Fsp3) is 0.600. The lowest BCUT2D eigenvalue weighted by Crippen LogP contribution is -2.17. The summed E-state index contributed by atoms with van der Waals surface area (Å²) >= 11 is 7.10. The van der Waals surface area contributed by atoms with Gasteiger partial charge in [-0.2, -0.15) is 5.26 Å². The zero-order valence-corrected chi connectivity index (χ0v) is 10.5. The van der Waals surface area contributed by atoms with Gasteiger partial charge < -0.3 is 5.32 Å². The molecule has 0 spiro atoms. The molecule has 82 valence electrons. The summed E-state index contributed by atoms with van der Waals surface area (Å²) in [7, 11) is 0. The Morgan fingerprint density at radius 2 is 2.33 bits per heavy atom. The second kappa shape index (κ2) is 5.94. The number of nitriles is 1. The van der Waals surface area contributed by atoms with Gasteiger partial charge in [0.05, 0.1) is 0 Å². The van der Waals surface area contributed by atoms with Gasteiger partial charge in [-0.1, -0.05) is 43.2 Å². The Balaban J connectivity index is 2.67. The van der Waals surface area contributed by atoms with Gasteiger partial charge in [0.1, 0.15) is 10.9 Å². The summed E-state index contributed by atoms with van der Waals surface area (Å²) in [4.78, 5) is 4.58. The number of aromatic nitrogens is 1. The van der Waals surface area contributed by atoms with Crippen molar-refractivity contribution in [2.75, 3.05) is 5.32 Å². The molecule has 5 heteroatoms. The summed E-state index contributed by atoms with van der Waals surface area (Å²) in [6, 6.07) is 2.44. The first-order valence-corrected chi connectivity index (χ1v) is 6.23. The number of hydrogen-bond acceptors (Lipinski definition) is 4. The minimum Gasteiger partial charge on any atom is -0.359 e. The van der Waals surface area contributed by atoms with Crippen LogP contribution >= 0.6 is 22.9 Å². The number of thiazole rings is 1. The molecule has 3 nitrogen and oxygen atoms in total. The number of nitrogens with one attached hydrogen (secondary N) is 1. The second-order valence-electron chi connectivity index (χ2n) is 3.29. The molecule has 0 saturated carbocycles. The van der Waals surface area contributed by atoms with Crippen LogP contribution in [-0.2, 0) is 0 Å². The lowest BCUT2D eigenvalue weighted by atomic mass is 10.1. The maximum atomic E-state index is 8.73. The van der Waals surface area contributed by atoms with E-state index in [0.29, 0.717) is 16.1 Å². The van der Waals surface area contributed by atoms with E-state index >= 15 is 0 Å². The second-order valence-corrected chi connectivity index (χ2v) is 4.65. The molecular formula is C10H14ClN3S. The van der Waals surface area contributed by atoms with Crippen LogP contribution in [0.1, 0.15) is 38.0 Å². The molecule has 1 N–H and O–H groups in total. The third-order valence-electron chi connectivity index (χ3n) is 2.14. The van der Waals surface area contributed by atoms with Crippen LogP contribution in [0, 0.1) is 11.3 Å². The number of rotatable bonds is 5. The van der Waals surface area contributed by atoms with E-state index < -0.39 is 0 Å². The Hall–Kier alpha value is -0.790. The maximum Gasteiger partial charge on any atom is 0.185 e. The van der Waals surface area contributed by atoms with E-state index in [9.17, 15) is 0 Å². The van der Waals surface area contributed by atoms with Gasteiger partial charge in [-0.15, -0.1) is 0 Å². The molecular weight excluding hydrogens is 230 g/mol. The van der Waals surface area contributed by atoms with Crippen molar-refractivity contribution in [3.8, 4) is 6.07 Å². The Bertz CT molecular complexity index is 356. The first-order chi connectivity index (χ1) is 7.21. The van der Waals surface area contributed by atoms with E-state index in [-0.39, 0.29) is 0 Å². The van der Waals surface area contributed by atoms with Crippen LogP contribution in [0.25, 0.3) is 0 Å². The normalized spacial score (nSPS) is 12.1. The number of nitrogens with zero attached hydrogens (tertiary/aromatic N) is 2. The van der Waals surface area contributed by atoms with Gasteiger partial charge in [0, 0.05) is 6.04 Å². The summed E-state index contributed by atoms with van der Waals surface area (Å²) in [5, 5.41) is 13.1. The van der Waals surface area contributed by atoms with Crippen LogP contribution in [0.4, 0.5) is 5.13 Å². The van der Waals surface area contributed by atoms with Crippen molar-refractivity contribution >= 4 is 28.1 Å². The van der Waals surface area contributed by atoms with Crippen molar-refractivity contribution in [1.29, 1.82) is 5.26 Å². The topological polar surface area (TPSA) is 48.7 Å². The lowest BCUT2D eigenvalue weighted by molar-refractivity contribution is 0.622. The summed E-state index contributed by atoms with van der Waals surface area (Å²) in [6.07, 6.45) is 3.29. The molecule has 15 heavy (non-hydrogen) atoms. The Labute approximate surface area is 99.1 Å². The van der Waals surface area contributed by atoms with Crippen LogP contribution < -0.4 is 5.32 Å². The molecule has 1 aromatic heterocycles. The molecule has 1 unspecified atom stereocenters. The molecule has 0 aliphatic rings. The molecule has 0 fully saturated rings. The smallest absolute Gasteiger partial charge is 0.185 e. The lowest BCUT2D eigenvalue weighted by Gasteiger charge is -2.14. The van der Waals surface area contributed by atoms with E-state index in [4.69, 9.17) is 16.9 Å². The predicted molar refractivity (Wildman–Crippen MR) is 64.4 cm³/mol. The standard InChI is InChI=1S/C10H14ClN3S/c1-3-5-7(4-2)13-10-14-9(11)8(6-12)15-10/h7H,3-5H2,1-2H3,(H,13,14). The SMILES string of the molecule is CCCC(CC)Nc1nc(Cl)c(C#N)s1. The van der Waals surface area contributed by atoms with E-state index in [2.05, 4.69) is 24.1 Å². The highest BCUT2D eigenvalue weighted by atomic mass is 35.5. The molecule has 0 bridgehead atoms. The molecule has 0 amide bonds. The predicted octanol–water partition coefficient (Wildman–Crippen LogP) is 3.66. The molecule has 1 rings (SSSR count). The number of hydrogen-bond donors (Lipinski definition) is 1. The van der Waals surface area contributed by atoms with Gasteiger partial charge in [-0.3, -0.25) is 0 Å². The van der Waals surface area contributed by atoms with Crippen molar-refractivity contribution in [2.24, 2.45) is 0 Å². The fourth-order valence-corrected chi connectivity index (χ4v) is 2.36. The molecule has 1 heterocycles. The zero-order valence-electron chi connectivity index (χ0n) is 8.88. The summed E-state index contributed by atoms with van der Waals surface area (Å²) in [6.45, 7) is 4.29. The minimum atomic E-state index is 0.302. The van der Waals surface area contributed by atoms with Gasteiger partial charge in [0.15, 0.2) is 10.3 Å². The van der Waals surface area contributed by atoms with Crippen molar-refractivity contribution < 1.29 is 0 Å². The van der Waals surface area contributed by atoms with Gasteiger partial charge in [0.2, 0.25) is 0 Å². The van der Waals surface area contributed by atoms with Crippen LogP contribution in [0.15, 0.2) is 0 Å². The Morgan fingerprint density at radius 1 is 1.60 bits per heavy atom. The van der Waals surface area contributed by atoms with Crippen LogP contribution in [0.5, 0.6) is 0 Å². The summed E-state index contributed by atoms with van der Waals surface area (Å²) in [5.41, 5.74) is 0. The van der Waals surface area contributed by atoms with E-state index in [1.54, 1.807) is 0 Å². The van der Waals surface area contributed by atoms with Gasteiger partial charge in [-0.05, 0) is 12.8 Å². The van der Waals surface area contributed by atoms with Gasteiger partial charge in [0.25, 0.3) is 0 Å². The third-order valence-corrected chi connectivity index (χ3v) is 3.42. The average Bonchev–Trinajstić information content (AvgIpc) is 2.58. The van der Waals surface area contributed by atoms with Crippen molar-refractivity contribution in [3.05, 3.63) is 10.0 Å². The van der Waals surface area contributed by atoms with Gasteiger partial charge in [-0.25, -0.2) is 4.98 Å². The van der Waals surface area contributed by atoms with Crippen molar-refractivity contribution in [1.82, 2.24) is 4.98 Å². The third kappa shape index (κ3) is 3.37. The zero-order chi connectivity index (χ0) is 11.3. The summed E-state index contributed by atoms with van der Waals surface area (Å²) < 4.78 is 0. The first kappa shape index (κ1) is 12.3. The highest BCUT2D eigenvalue weighted by Gasteiger charge is 2.11. The molecule has 0 aliphatic carbocycles. The minimum absolute atomic E-state index is 0.302. The number of anilines is 1. The quantitative estimate of drug-likeness (QED) is 0.859. The number of halogens is 1. The van der Waals surface area contributed by atoms with E-state index in [1.807, 2.05) is 6.07 Å². The van der Waals surface area contributed by atoms with E-state index in [0.717, 1.165) is 24.4 Å². The Kier molecular flexibility index (Phi) is 4.86. The van der Waals surface area contributed by atoms with Crippen molar-refractivity contribution in [2.45, 2.75) is 39.2 Å². The monoisotopic (exact) mass is 243 g/mol. The van der Waals surface area contributed by atoms with Crippen LogP contribution in [-0.4, -0.2) is 11.0 Å². The van der Waals surface area contributed by atoms with Crippen molar-refractivity contribution in [3.63, 3.8) is 0 Å². The summed E-state index contributed by atoms with van der Waals surface area (Å²) in [5.74, 6) is 0. The fourth-order valence-electron chi connectivity index (χ4n) is 1.33. The molecule has 0 aliphatic heterocycles. The Morgan fingerprint density at radius 3 is 2.80 bits per heavy atom.